The van der Waals surface area contributed by atoms with E-state index in [1.54, 1.807) is 11.8 Å². The molecule has 1 rings (SSSR count). The Morgan fingerprint density at radius 3 is 2.44 bits per heavy atom. The minimum Gasteiger partial charge on any atom is -0.279 e. The van der Waals surface area contributed by atoms with Crippen molar-refractivity contribution in [2.75, 3.05) is 6.26 Å². The summed E-state index contributed by atoms with van der Waals surface area (Å²) in [5.74, 6) is 2.71. The minimum absolute atomic E-state index is 0.0626. The van der Waals surface area contributed by atoms with Crippen molar-refractivity contribution in [3.63, 3.8) is 0 Å². The first-order chi connectivity index (χ1) is 7.44. The summed E-state index contributed by atoms with van der Waals surface area (Å²) in [4.78, 5) is 12.9. The molecule has 0 heterocycles. The first-order valence-electron chi connectivity index (χ1n) is 5.14. The SMILES string of the molecule is CSc1ccccc1C(=O)C#C[Si](C)(C)C. The molecule has 0 unspecified atom stereocenters. The van der Waals surface area contributed by atoms with Crippen molar-refractivity contribution >= 4 is 25.6 Å². The van der Waals surface area contributed by atoms with Crippen LogP contribution in [0, 0.1) is 11.5 Å². The van der Waals surface area contributed by atoms with Crippen molar-refractivity contribution in [1.82, 2.24) is 0 Å². The molecule has 0 amide bonds. The Morgan fingerprint density at radius 2 is 1.88 bits per heavy atom. The van der Waals surface area contributed by atoms with Crippen LogP contribution in [-0.2, 0) is 0 Å². The Balaban J connectivity index is 3.00. The lowest BCUT2D eigenvalue weighted by atomic mass is 10.1. The zero-order chi connectivity index (χ0) is 12.2. The number of carbonyl (C=O) groups excluding carboxylic acids is 1. The summed E-state index contributed by atoms with van der Waals surface area (Å²) in [6, 6.07) is 7.61. The fourth-order valence-electron chi connectivity index (χ4n) is 1.14. The number of hydrogen-bond acceptors (Lipinski definition) is 2. The molecule has 0 fully saturated rings. The number of ketones is 1. The molecule has 1 nitrogen and oxygen atoms in total. The van der Waals surface area contributed by atoms with E-state index in [0.717, 1.165) is 10.5 Å². The average molecular weight is 248 g/mol. The van der Waals surface area contributed by atoms with Gasteiger partial charge < -0.3 is 0 Å². The Kier molecular flexibility index (Phi) is 4.40. The molecule has 0 aliphatic carbocycles. The van der Waals surface area contributed by atoms with Crippen molar-refractivity contribution in [1.29, 1.82) is 0 Å². The van der Waals surface area contributed by atoms with Gasteiger partial charge in [0.2, 0.25) is 5.78 Å². The van der Waals surface area contributed by atoms with E-state index >= 15 is 0 Å². The summed E-state index contributed by atoms with van der Waals surface area (Å²) >= 11 is 1.58. The van der Waals surface area contributed by atoms with Crippen LogP contribution in [0.5, 0.6) is 0 Å². The molecule has 0 bridgehead atoms. The van der Waals surface area contributed by atoms with Gasteiger partial charge in [0.1, 0.15) is 8.07 Å². The van der Waals surface area contributed by atoms with E-state index in [9.17, 15) is 4.79 Å². The average Bonchev–Trinajstić information content (AvgIpc) is 2.25. The van der Waals surface area contributed by atoms with Gasteiger partial charge in [0.05, 0.1) is 0 Å². The van der Waals surface area contributed by atoms with Gasteiger partial charge in [0.15, 0.2) is 0 Å². The molecule has 0 N–H and O–H groups in total. The maximum Gasteiger partial charge on any atom is 0.236 e. The van der Waals surface area contributed by atoms with Gasteiger partial charge in [-0.3, -0.25) is 4.79 Å². The van der Waals surface area contributed by atoms with Crippen LogP contribution in [0.4, 0.5) is 0 Å². The lowest BCUT2D eigenvalue weighted by Gasteiger charge is -2.04. The smallest absolute Gasteiger partial charge is 0.236 e. The van der Waals surface area contributed by atoms with Crippen LogP contribution in [0.25, 0.3) is 0 Å². The van der Waals surface area contributed by atoms with E-state index in [1.165, 1.54) is 0 Å². The van der Waals surface area contributed by atoms with Crippen LogP contribution in [0.2, 0.25) is 19.6 Å². The Morgan fingerprint density at radius 1 is 1.25 bits per heavy atom. The highest BCUT2D eigenvalue weighted by Crippen LogP contribution is 2.19. The molecule has 0 saturated carbocycles. The zero-order valence-electron chi connectivity index (χ0n) is 10.1. The second-order valence-corrected chi connectivity index (χ2v) is 10.1. The quantitative estimate of drug-likeness (QED) is 0.345. The lowest BCUT2D eigenvalue weighted by molar-refractivity contribution is 0.105. The highest BCUT2D eigenvalue weighted by Gasteiger charge is 2.11. The highest BCUT2D eigenvalue weighted by molar-refractivity contribution is 7.98. The molecule has 1 aromatic rings. The van der Waals surface area contributed by atoms with Crippen LogP contribution in [-0.4, -0.2) is 20.1 Å². The summed E-state index contributed by atoms with van der Waals surface area (Å²) in [6.45, 7) is 6.40. The van der Waals surface area contributed by atoms with Crippen LogP contribution < -0.4 is 0 Å². The first-order valence-corrected chi connectivity index (χ1v) is 9.87. The molecule has 0 aliphatic heterocycles. The second-order valence-electron chi connectivity index (χ2n) is 4.53. The largest absolute Gasteiger partial charge is 0.279 e. The van der Waals surface area contributed by atoms with E-state index in [-0.39, 0.29) is 5.78 Å². The molecule has 1 aromatic carbocycles. The molecule has 0 atom stereocenters. The molecular weight excluding hydrogens is 232 g/mol. The maximum atomic E-state index is 11.9. The third kappa shape index (κ3) is 3.88. The van der Waals surface area contributed by atoms with Crippen molar-refractivity contribution in [2.45, 2.75) is 24.5 Å². The van der Waals surface area contributed by atoms with E-state index < -0.39 is 8.07 Å². The molecule has 0 aromatic heterocycles. The predicted molar refractivity (Wildman–Crippen MR) is 73.7 cm³/mol. The van der Waals surface area contributed by atoms with Crippen LogP contribution in [0.15, 0.2) is 29.2 Å². The number of thioether (sulfide) groups is 1. The lowest BCUT2D eigenvalue weighted by Crippen LogP contribution is -2.17. The minimum atomic E-state index is -1.47. The monoisotopic (exact) mass is 248 g/mol. The molecule has 0 aliphatic rings. The van der Waals surface area contributed by atoms with Gasteiger partial charge in [0.25, 0.3) is 0 Å². The molecule has 3 heteroatoms. The van der Waals surface area contributed by atoms with Gasteiger partial charge in [-0.25, -0.2) is 0 Å². The van der Waals surface area contributed by atoms with Gasteiger partial charge in [0, 0.05) is 10.5 Å². The Bertz CT molecular complexity index is 449. The fraction of sp³-hybridized carbons (Fsp3) is 0.308. The Hall–Kier alpha value is -0.983. The molecular formula is C13H16OSSi. The predicted octanol–water partition coefficient (Wildman–Crippen LogP) is 3.47. The van der Waals surface area contributed by atoms with E-state index in [1.807, 2.05) is 30.5 Å². The van der Waals surface area contributed by atoms with E-state index in [2.05, 4.69) is 31.1 Å². The van der Waals surface area contributed by atoms with Gasteiger partial charge >= 0.3 is 0 Å². The van der Waals surface area contributed by atoms with Gasteiger partial charge in [-0.15, -0.1) is 17.3 Å². The molecule has 16 heavy (non-hydrogen) atoms. The highest BCUT2D eigenvalue weighted by atomic mass is 32.2. The van der Waals surface area contributed by atoms with Crippen molar-refractivity contribution in [3.8, 4) is 11.5 Å². The summed E-state index contributed by atoms with van der Waals surface area (Å²) in [5, 5.41) is 0. The van der Waals surface area contributed by atoms with E-state index in [4.69, 9.17) is 0 Å². The molecule has 0 spiro atoms. The molecule has 0 radical (unpaired) electrons. The summed E-state index contributed by atoms with van der Waals surface area (Å²) in [7, 11) is -1.47. The number of rotatable bonds is 2. The molecule has 84 valence electrons. The van der Waals surface area contributed by atoms with Crippen LogP contribution in [0.1, 0.15) is 10.4 Å². The number of benzene rings is 1. The molecule has 0 saturated heterocycles. The number of hydrogen-bond donors (Lipinski definition) is 0. The first kappa shape index (κ1) is 13.1. The van der Waals surface area contributed by atoms with Gasteiger partial charge in [-0.05, 0) is 24.3 Å². The standard InChI is InChI=1S/C13H16OSSi/c1-15-13-8-6-5-7-11(13)12(14)9-10-16(2,3)4/h5-8H,1-4H3. The van der Waals surface area contributed by atoms with Crippen LogP contribution in [0.3, 0.4) is 0 Å². The summed E-state index contributed by atoms with van der Waals surface area (Å²) < 4.78 is 0. The normalized spacial score (nSPS) is 10.5. The third-order valence-corrected chi connectivity index (χ3v) is 3.57. The Labute approximate surface area is 103 Å². The zero-order valence-corrected chi connectivity index (χ0v) is 11.9. The van der Waals surface area contributed by atoms with Crippen molar-refractivity contribution < 1.29 is 4.79 Å². The van der Waals surface area contributed by atoms with Crippen molar-refractivity contribution in [3.05, 3.63) is 29.8 Å². The van der Waals surface area contributed by atoms with E-state index in [0.29, 0.717) is 0 Å². The summed E-state index contributed by atoms with van der Waals surface area (Å²) in [5.41, 5.74) is 3.82. The maximum absolute atomic E-state index is 11.9. The third-order valence-electron chi connectivity index (χ3n) is 1.90. The second kappa shape index (κ2) is 5.38. The van der Waals surface area contributed by atoms with Gasteiger partial charge in [-0.1, -0.05) is 31.8 Å². The van der Waals surface area contributed by atoms with Crippen LogP contribution >= 0.6 is 11.8 Å². The van der Waals surface area contributed by atoms with Crippen molar-refractivity contribution in [2.24, 2.45) is 0 Å². The fourth-order valence-corrected chi connectivity index (χ4v) is 2.23. The number of carbonyl (C=O) groups is 1. The van der Waals surface area contributed by atoms with Gasteiger partial charge in [-0.2, -0.15) is 0 Å². The summed E-state index contributed by atoms with van der Waals surface area (Å²) in [6.07, 6.45) is 1.97. The topological polar surface area (TPSA) is 17.1 Å². The number of Topliss-reactive ketones (excluding diaryl/α,β-unsaturated/α-hetero) is 1.